The van der Waals surface area contributed by atoms with E-state index in [0.29, 0.717) is 34.0 Å². The molecular weight excluding hydrogens is 408 g/mol. The molecule has 7 heteroatoms. The molecule has 0 bridgehead atoms. The van der Waals surface area contributed by atoms with Crippen LogP contribution in [0.3, 0.4) is 0 Å². The summed E-state index contributed by atoms with van der Waals surface area (Å²) in [7, 11) is 3.03. The molecule has 4 rings (SSSR count). The number of nitrogens with one attached hydrogen (secondary N) is 1. The van der Waals surface area contributed by atoms with E-state index in [4.69, 9.17) is 9.47 Å². The van der Waals surface area contributed by atoms with E-state index in [9.17, 15) is 14.7 Å². The second kappa shape index (κ2) is 8.36. The van der Waals surface area contributed by atoms with E-state index in [1.165, 1.54) is 12.0 Å². The lowest BCUT2D eigenvalue weighted by atomic mass is 9.87. The lowest BCUT2D eigenvalue weighted by Crippen LogP contribution is -2.44. The van der Waals surface area contributed by atoms with Crippen molar-refractivity contribution >= 4 is 23.2 Å². The van der Waals surface area contributed by atoms with Gasteiger partial charge in [-0.2, -0.15) is 0 Å². The van der Waals surface area contributed by atoms with Crippen molar-refractivity contribution in [1.29, 1.82) is 0 Å². The van der Waals surface area contributed by atoms with Crippen molar-refractivity contribution < 1.29 is 24.2 Å². The van der Waals surface area contributed by atoms with E-state index < -0.39 is 17.4 Å². The SMILES string of the molecule is COc1ccc(NC(=O)CN2C(=O)[C@@](O)(c3cccc(C)c3)c3ccccc32)c(OC)c1. The molecule has 32 heavy (non-hydrogen) atoms. The maximum absolute atomic E-state index is 13.4. The fourth-order valence-corrected chi connectivity index (χ4v) is 3.98. The molecule has 0 radical (unpaired) electrons. The van der Waals surface area contributed by atoms with Gasteiger partial charge in [-0.3, -0.25) is 14.5 Å². The summed E-state index contributed by atoms with van der Waals surface area (Å²) in [5.41, 5.74) is 0.926. The number of anilines is 2. The number of ether oxygens (including phenoxy) is 2. The van der Waals surface area contributed by atoms with Crippen LogP contribution in [0.1, 0.15) is 16.7 Å². The largest absolute Gasteiger partial charge is 0.497 e. The molecule has 1 atom stereocenters. The highest BCUT2D eigenvalue weighted by atomic mass is 16.5. The predicted octanol–water partition coefficient (Wildman–Crippen LogP) is 3.23. The Balaban J connectivity index is 1.64. The minimum Gasteiger partial charge on any atom is -0.497 e. The number of methoxy groups -OCH3 is 2. The molecule has 0 saturated heterocycles. The minimum atomic E-state index is -1.86. The third-order valence-corrected chi connectivity index (χ3v) is 5.56. The Morgan fingerprint density at radius 2 is 1.81 bits per heavy atom. The normalized spacial score (nSPS) is 17.1. The maximum Gasteiger partial charge on any atom is 0.268 e. The van der Waals surface area contributed by atoms with Gasteiger partial charge < -0.3 is 19.9 Å². The number of rotatable bonds is 6. The number of fused-ring (bicyclic) bond motifs is 1. The molecule has 0 spiro atoms. The summed E-state index contributed by atoms with van der Waals surface area (Å²) >= 11 is 0. The first-order valence-electron chi connectivity index (χ1n) is 10.1. The standard InChI is InChI=1S/C25H24N2O5/c1-16-7-6-8-17(13-16)25(30)19-9-4-5-10-21(19)27(24(25)29)15-23(28)26-20-12-11-18(31-2)14-22(20)32-3/h4-14,30H,15H2,1-3H3,(H,26,28)/t25-/m1/s1. The van der Waals surface area contributed by atoms with Crippen LogP contribution in [0.4, 0.5) is 11.4 Å². The summed E-state index contributed by atoms with van der Waals surface area (Å²) in [6, 6.07) is 19.2. The van der Waals surface area contributed by atoms with E-state index in [0.717, 1.165) is 5.56 Å². The van der Waals surface area contributed by atoms with Crippen molar-refractivity contribution in [3.63, 3.8) is 0 Å². The van der Waals surface area contributed by atoms with Crippen LogP contribution in [0.25, 0.3) is 0 Å². The van der Waals surface area contributed by atoms with Crippen molar-refractivity contribution in [3.8, 4) is 11.5 Å². The molecule has 1 aliphatic rings. The molecule has 0 saturated carbocycles. The molecule has 7 nitrogen and oxygen atoms in total. The Kier molecular flexibility index (Phi) is 5.59. The van der Waals surface area contributed by atoms with Crippen molar-refractivity contribution in [2.24, 2.45) is 0 Å². The molecule has 0 aliphatic carbocycles. The van der Waals surface area contributed by atoms with E-state index in [1.54, 1.807) is 67.8 Å². The van der Waals surface area contributed by atoms with Gasteiger partial charge in [-0.05, 0) is 30.7 Å². The average Bonchev–Trinajstić information content (AvgIpc) is 3.02. The first kappa shape index (κ1) is 21.4. The number of amides is 2. The average molecular weight is 432 g/mol. The van der Waals surface area contributed by atoms with Crippen LogP contribution in [-0.2, 0) is 15.2 Å². The third kappa shape index (κ3) is 3.56. The Labute approximate surface area is 186 Å². The van der Waals surface area contributed by atoms with Crippen LogP contribution in [0.15, 0.2) is 66.7 Å². The van der Waals surface area contributed by atoms with Gasteiger partial charge in [0.15, 0.2) is 5.60 Å². The van der Waals surface area contributed by atoms with E-state index in [1.807, 2.05) is 13.0 Å². The summed E-state index contributed by atoms with van der Waals surface area (Å²) < 4.78 is 10.5. The number of para-hydroxylation sites is 1. The van der Waals surface area contributed by atoms with Crippen molar-refractivity contribution in [1.82, 2.24) is 0 Å². The molecule has 164 valence electrons. The third-order valence-electron chi connectivity index (χ3n) is 5.56. The van der Waals surface area contributed by atoms with Crippen molar-refractivity contribution in [2.75, 3.05) is 31.0 Å². The lowest BCUT2D eigenvalue weighted by Gasteiger charge is -2.24. The molecule has 3 aromatic rings. The monoisotopic (exact) mass is 432 g/mol. The highest BCUT2D eigenvalue weighted by Gasteiger charge is 2.51. The number of nitrogens with zero attached hydrogens (tertiary/aromatic N) is 1. The summed E-state index contributed by atoms with van der Waals surface area (Å²) in [5.74, 6) is 0.0279. The molecule has 0 unspecified atom stereocenters. The number of carbonyl (C=O) groups excluding carboxylic acids is 2. The van der Waals surface area contributed by atoms with Crippen LogP contribution in [0.2, 0.25) is 0 Å². The molecule has 1 heterocycles. The van der Waals surface area contributed by atoms with Gasteiger partial charge in [0.1, 0.15) is 18.0 Å². The van der Waals surface area contributed by atoms with E-state index in [2.05, 4.69) is 5.32 Å². The minimum absolute atomic E-state index is 0.265. The molecular formula is C25H24N2O5. The molecule has 0 fully saturated rings. The van der Waals surface area contributed by atoms with Crippen LogP contribution in [0, 0.1) is 6.92 Å². The van der Waals surface area contributed by atoms with Crippen LogP contribution >= 0.6 is 0 Å². The zero-order chi connectivity index (χ0) is 22.9. The quantitative estimate of drug-likeness (QED) is 0.624. The van der Waals surface area contributed by atoms with Gasteiger partial charge in [-0.15, -0.1) is 0 Å². The summed E-state index contributed by atoms with van der Waals surface area (Å²) in [5, 5.41) is 14.3. The van der Waals surface area contributed by atoms with Gasteiger partial charge in [0, 0.05) is 11.6 Å². The Morgan fingerprint density at radius 3 is 2.53 bits per heavy atom. The fourth-order valence-electron chi connectivity index (χ4n) is 3.98. The number of carbonyl (C=O) groups is 2. The van der Waals surface area contributed by atoms with Gasteiger partial charge in [0.25, 0.3) is 5.91 Å². The van der Waals surface area contributed by atoms with Crippen LogP contribution in [-0.4, -0.2) is 37.7 Å². The number of benzene rings is 3. The van der Waals surface area contributed by atoms with E-state index in [-0.39, 0.29) is 6.54 Å². The Hall–Kier alpha value is -3.84. The van der Waals surface area contributed by atoms with E-state index >= 15 is 0 Å². The molecule has 0 aromatic heterocycles. The zero-order valence-corrected chi connectivity index (χ0v) is 18.1. The maximum atomic E-state index is 13.4. The second-order valence-corrected chi connectivity index (χ2v) is 7.60. The highest BCUT2D eigenvalue weighted by molar-refractivity contribution is 6.12. The molecule has 2 N–H and O–H groups in total. The predicted molar refractivity (Wildman–Crippen MR) is 121 cm³/mol. The number of aliphatic hydroxyl groups is 1. The summed E-state index contributed by atoms with van der Waals surface area (Å²) in [6.07, 6.45) is 0. The summed E-state index contributed by atoms with van der Waals surface area (Å²) in [6.45, 7) is 1.63. The number of hydrogen-bond acceptors (Lipinski definition) is 5. The van der Waals surface area contributed by atoms with Gasteiger partial charge in [-0.1, -0.05) is 48.0 Å². The topological polar surface area (TPSA) is 88.1 Å². The molecule has 2 amide bonds. The first-order chi connectivity index (χ1) is 15.4. The lowest BCUT2D eigenvalue weighted by molar-refractivity contribution is -0.133. The second-order valence-electron chi connectivity index (χ2n) is 7.60. The highest BCUT2D eigenvalue weighted by Crippen LogP contribution is 2.44. The molecule has 1 aliphatic heterocycles. The Morgan fingerprint density at radius 1 is 1.03 bits per heavy atom. The van der Waals surface area contributed by atoms with Crippen molar-refractivity contribution in [3.05, 3.63) is 83.4 Å². The van der Waals surface area contributed by atoms with Gasteiger partial charge in [0.2, 0.25) is 5.91 Å². The van der Waals surface area contributed by atoms with Gasteiger partial charge >= 0.3 is 0 Å². The number of aryl methyl sites for hydroxylation is 1. The Bertz CT molecular complexity index is 1190. The van der Waals surface area contributed by atoms with Gasteiger partial charge in [0.05, 0.1) is 25.6 Å². The first-order valence-corrected chi connectivity index (χ1v) is 10.1. The smallest absolute Gasteiger partial charge is 0.268 e. The van der Waals surface area contributed by atoms with Gasteiger partial charge in [-0.25, -0.2) is 0 Å². The summed E-state index contributed by atoms with van der Waals surface area (Å²) in [4.78, 5) is 27.6. The van der Waals surface area contributed by atoms with Crippen LogP contribution in [0.5, 0.6) is 11.5 Å². The molecule has 3 aromatic carbocycles. The van der Waals surface area contributed by atoms with Crippen LogP contribution < -0.4 is 19.7 Å². The number of hydrogen-bond donors (Lipinski definition) is 2. The zero-order valence-electron chi connectivity index (χ0n) is 18.1. The van der Waals surface area contributed by atoms with Crippen molar-refractivity contribution in [2.45, 2.75) is 12.5 Å². The fraction of sp³-hybridized carbons (Fsp3) is 0.200.